The van der Waals surface area contributed by atoms with Gasteiger partial charge >= 0.3 is 0 Å². The summed E-state index contributed by atoms with van der Waals surface area (Å²) in [6, 6.07) is 5.91. The van der Waals surface area contributed by atoms with Crippen LogP contribution >= 0.6 is 0 Å². The topological polar surface area (TPSA) is 38.7 Å². The number of benzene rings is 1. The number of hydrogen-bond donors (Lipinski definition) is 1. The fourth-order valence-corrected chi connectivity index (χ4v) is 2.51. The molecule has 2 unspecified atom stereocenters. The zero-order valence-electron chi connectivity index (χ0n) is 11.4. The van der Waals surface area contributed by atoms with Crippen LogP contribution in [-0.2, 0) is 4.74 Å². The van der Waals surface area contributed by atoms with Gasteiger partial charge in [-0.1, -0.05) is 11.6 Å². The van der Waals surface area contributed by atoms with E-state index in [0.29, 0.717) is 6.61 Å². The molecule has 0 amide bonds. The summed E-state index contributed by atoms with van der Waals surface area (Å²) in [5.41, 5.74) is 1.47. The molecule has 0 bridgehead atoms. The first-order chi connectivity index (χ1) is 8.57. The van der Waals surface area contributed by atoms with Gasteiger partial charge in [0.15, 0.2) is 0 Å². The molecular weight excluding hydrogens is 228 g/mol. The van der Waals surface area contributed by atoms with Gasteiger partial charge in [0, 0.05) is 12.2 Å². The van der Waals surface area contributed by atoms with E-state index in [2.05, 4.69) is 0 Å². The molecule has 18 heavy (non-hydrogen) atoms. The maximum absolute atomic E-state index is 10.6. The number of ether oxygens (including phenoxy) is 2. The van der Waals surface area contributed by atoms with Crippen LogP contribution in [0.1, 0.15) is 43.9 Å². The minimum atomic E-state index is -0.638. The van der Waals surface area contributed by atoms with Gasteiger partial charge in [0.25, 0.3) is 0 Å². The van der Waals surface area contributed by atoms with Gasteiger partial charge in [0.1, 0.15) is 11.9 Å². The summed E-state index contributed by atoms with van der Waals surface area (Å²) in [5, 5.41) is 10.6. The van der Waals surface area contributed by atoms with Crippen molar-refractivity contribution in [3.05, 3.63) is 29.3 Å². The molecule has 0 spiro atoms. The molecule has 1 N–H and O–H groups in total. The molecule has 2 atom stereocenters. The lowest BCUT2D eigenvalue weighted by Gasteiger charge is -2.30. The molecule has 1 heterocycles. The fourth-order valence-electron chi connectivity index (χ4n) is 2.51. The normalized spacial score (nSPS) is 25.1. The average molecular weight is 250 g/mol. The maximum Gasteiger partial charge on any atom is 0.125 e. The Bertz CT molecular complexity index is 408. The summed E-state index contributed by atoms with van der Waals surface area (Å²) in [6.45, 7) is 7.26. The Labute approximate surface area is 109 Å². The lowest BCUT2D eigenvalue weighted by Crippen LogP contribution is -2.32. The van der Waals surface area contributed by atoms with E-state index in [0.717, 1.165) is 36.3 Å². The highest BCUT2D eigenvalue weighted by Crippen LogP contribution is 2.40. The molecule has 0 aliphatic carbocycles. The summed E-state index contributed by atoms with van der Waals surface area (Å²) >= 11 is 0. The lowest BCUT2D eigenvalue weighted by atomic mass is 9.89. The van der Waals surface area contributed by atoms with Gasteiger partial charge < -0.3 is 14.6 Å². The van der Waals surface area contributed by atoms with E-state index in [-0.39, 0.29) is 0 Å². The quantitative estimate of drug-likeness (QED) is 0.892. The van der Waals surface area contributed by atoms with Crippen molar-refractivity contribution in [3.8, 4) is 5.75 Å². The highest BCUT2D eigenvalue weighted by atomic mass is 16.5. The molecular formula is C15H22O3. The highest BCUT2D eigenvalue weighted by molar-refractivity contribution is 5.39. The third kappa shape index (κ3) is 2.52. The second-order valence-corrected chi connectivity index (χ2v) is 5.14. The summed E-state index contributed by atoms with van der Waals surface area (Å²) in [5.74, 6) is 0.757. The van der Waals surface area contributed by atoms with Crippen LogP contribution in [0, 0.1) is 6.92 Å². The summed E-state index contributed by atoms with van der Waals surface area (Å²) < 4.78 is 11.3. The van der Waals surface area contributed by atoms with Crippen LogP contribution in [0.4, 0.5) is 0 Å². The molecule has 3 heteroatoms. The predicted molar refractivity (Wildman–Crippen MR) is 70.9 cm³/mol. The Kier molecular flexibility index (Phi) is 3.93. The zero-order chi connectivity index (χ0) is 13.2. The molecule has 1 saturated heterocycles. The SMILES string of the molecule is CCOc1ccc(C)cc1C(O)C1(C)CCCO1. The van der Waals surface area contributed by atoms with Crippen molar-refractivity contribution in [1.29, 1.82) is 0 Å². The number of aliphatic hydroxyl groups excluding tert-OH is 1. The van der Waals surface area contributed by atoms with Gasteiger partial charge in [0.2, 0.25) is 0 Å². The third-order valence-electron chi connectivity index (χ3n) is 3.59. The molecule has 0 radical (unpaired) electrons. The number of hydrogen-bond acceptors (Lipinski definition) is 3. The van der Waals surface area contributed by atoms with Crippen molar-refractivity contribution in [2.45, 2.75) is 45.3 Å². The standard InChI is InChI=1S/C15H22O3/c1-4-17-13-7-6-11(2)10-12(13)14(16)15(3)8-5-9-18-15/h6-7,10,14,16H,4-5,8-9H2,1-3H3. The van der Waals surface area contributed by atoms with Crippen LogP contribution in [0.2, 0.25) is 0 Å². The van der Waals surface area contributed by atoms with Crippen molar-refractivity contribution < 1.29 is 14.6 Å². The Balaban J connectivity index is 2.33. The molecule has 3 nitrogen and oxygen atoms in total. The third-order valence-corrected chi connectivity index (χ3v) is 3.59. The largest absolute Gasteiger partial charge is 0.493 e. The van der Waals surface area contributed by atoms with Gasteiger partial charge in [-0.2, -0.15) is 0 Å². The smallest absolute Gasteiger partial charge is 0.125 e. The van der Waals surface area contributed by atoms with Crippen LogP contribution in [0.5, 0.6) is 5.75 Å². The van der Waals surface area contributed by atoms with Crippen LogP contribution < -0.4 is 4.74 Å². The average Bonchev–Trinajstić information content (AvgIpc) is 2.79. The molecule has 0 saturated carbocycles. The van der Waals surface area contributed by atoms with E-state index < -0.39 is 11.7 Å². The van der Waals surface area contributed by atoms with Gasteiger partial charge in [-0.15, -0.1) is 0 Å². The predicted octanol–water partition coefficient (Wildman–Crippen LogP) is 3.00. The first-order valence-electron chi connectivity index (χ1n) is 6.62. The molecule has 1 aromatic rings. The maximum atomic E-state index is 10.6. The van der Waals surface area contributed by atoms with E-state index in [1.54, 1.807) is 0 Å². The van der Waals surface area contributed by atoms with E-state index in [9.17, 15) is 5.11 Å². The molecule has 2 rings (SSSR count). The minimum absolute atomic E-state index is 0.486. The van der Waals surface area contributed by atoms with E-state index in [1.165, 1.54) is 0 Å². The van der Waals surface area contributed by atoms with Crippen LogP contribution in [0.25, 0.3) is 0 Å². The Hall–Kier alpha value is -1.06. The lowest BCUT2D eigenvalue weighted by molar-refractivity contribution is -0.0804. The van der Waals surface area contributed by atoms with Gasteiger partial charge in [0.05, 0.1) is 12.2 Å². The first kappa shape index (κ1) is 13.4. The second kappa shape index (κ2) is 5.29. The van der Waals surface area contributed by atoms with Crippen molar-refractivity contribution in [2.75, 3.05) is 13.2 Å². The number of aryl methyl sites for hydroxylation is 1. The zero-order valence-corrected chi connectivity index (χ0v) is 11.4. The van der Waals surface area contributed by atoms with Crippen LogP contribution in [0.15, 0.2) is 18.2 Å². The van der Waals surface area contributed by atoms with Crippen molar-refractivity contribution in [3.63, 3.8) is 0 Å². The van der Waals surface area contributed by atoms with Crippen molar-refractivity contribution in [2.24, 2.45) is 0 Å². The Morgan fingerprint density at radius 1 is 1.50 bits per heavy atom. The minimum Gasteiger partial charge on any atom is -0.493 e. The van der Waals surface area contributed by atoms with E-state index in [1.807, 2.05) is 39.0 Å². The summed E-state index contributed by atoms with van der Waals surface area (Å²) in [4.78, 5) is 0. The molecule has 0 aromatic heterocycles. The first-order valence-corrected chi connectivity index (χ1v) is 6.62. The van der Waals surface area contributed by atoms with Crippen LogP contribution in [0.3, 0.4) is 0 Å². The number of rotatable bonds is 4. The van der Waals surface area contributed by atoms with Gasteiger partial charge in [-0.05, 0) is 45.7 Å². The van der Waals surface area contributed by atoms with Crippen molar-refractivity contribution >= 4 is 0 Å². The molecule has 1 aliphatic rings. The summed E-state index contributed by atoms with van der Waals surface area (Å²) in [6.07, 6.45) is 1.25. The van der Waals surface area contributed by atoms with E-state index >= 15 is 0 Å². The van der Waals surface area contributed by atoms with Gasteiger partial charge in [-0.25, -0.2) is 0 Å². The molecule has 100 valence electrons. The monoisotopic (exact) mass is 250 g/mol. The van der Waals surface area contributed by atoms with Crippen LogP contribution in [-0.4, -0.2) is 23.9 Å². The highest BCUT2D eigenvalue weighted by Gasteiger charge is 2.39. The second-order valence-electron chi connectivity index (χ2n) is 5.14. The Morgan fingerprint density at radius 2 is 2.28 bits per heavy atom. The molecule has 1 aromatic carbocycles. The fraction of sp³-hybridized carbons (Fsp3) is 0.600. The summed E-state index contributed by atoms with van der Waals surface area (Å²) in [7, 11) is 0. The Morgan fingerprint density at radius 3 is 2.89 bits per heavy atom. The van der Waals surface area contributed by atoms with Gasteiger partial charge in [-0.3, -0.25) is 0 Å². The van der Waals surface area contributed by atoms with E-state index in [4.69, 9.17) is 9.47 Å². The number of aliphatic hydroxyl groups is 1. The molecule has 1 fully saturated rings. The van der Waals surface area contributed by atoms with Crippen molar-refractivity contribution in [1.82, 2.24) is 0 Å². The molecule has 1 aliphatic heterocycles.